The molecule has 152 valence electrons. The average Bonchev–Trinajstić information content (AvgIpc) is 3.00. The molecule has 0 aliphatic heterocycles. The van der Waals surface area contributed by atoms with Crippen molar-refractivity contribution in [1.29, 1.82) is 0 Å². The van der Waals surface area contributed by atoms with Crippen molar-refractivity contribution in [3.05, 3.63) is 47.3 Å². The van der Waals surface area contributed by atoms with Crippen molar-refractivity contribution in [2.45, 2.75) is 58.2 Å². The van der Waals surface area contributed by atoms with Gasteiger partial charge in [0, 0.05) is 51.6 Å². The van der Waals surface area contributed by atoms with Crippen LogP contribution < -0.4 is 10.1 Å². The van der Waals surface area contributed by atoms with Gasteiger partial charge in [-0.15, -0.1) is 0 Å². The van der Waals surface area contributed by atoms with Gasteiger partial charge in [0.1, 0.15) is 5.75 Å². The molecule has 0 radical (unpaired) electrons. The number of aliphatic imine (C=N–C) groups is 1. The van der Waals surface area contributed by atoms with Crippen molar-refractivity contribution < 1.29 is 4.74 Å². The van der Waals surface area contributed by atoms with Gasteiger partial charge in [-0.3, -0.25) is 9.67 Å². The minimum absolute atomic E-state index is 0.378. The molecule has 0 atom stereocenters. The number of aromatic nitrogens is 2. The van der Waals surface area contributed by atoms with Gasteiger partial charge in [0.05, 0.1) is 11.8 Å². The highest BCUT2D eigenvalue weighted by molar-refractivity contribution is 5.79. The Balaban J connectivity index is 1.63. The quantitative estimate of drug-likeness (QED) is 0.585. The Morgan fingerprint density at radius 1 is 1.32 bits per heavy atom. The van der Waals surface area contributed by atoms with Gasteiger partial charge in [0.2, 0.25) is 0 Å². The van der Waals surface area contributed by atoms with E-state index in [4.69, 9.17) is 4.74 Å². The monoisotopic (exact) mass is 383 g/mol. The molecule has 0 spiro atoms. The van der Waals surface area contributed by atoms with Gasteiger partial charge >= 0.3 is 0 Å². The third kappa shape index (κ3) is 4.86. The number of guanidine groups is 1. The molecule has 0 unspecified atom stereocenters. The summed E-state index contributed by atoms with van der Waals surface area (Å²) in [5.41, 5.74) is 3.54. The molecule has 1 N–H and O–H groups in total. The maximum absolute atomic E-state index is 6.14. The van der Waals surface area contributed by atoms with Crippen LogP contribution in [0, 0.1) is 0 Å². The van der Waals surface area contributed by atoms with Crippen LogP contribution in [0.5, 0.6) is 5.75 Å². The Morgan fingerprint density at radius 2 is 2.07 bits per heavy atom. The third-order valence-corrected chi connectivity index (χ3v) is 5.22. The number of para-hydroxylation sites is 1. The maximum Gasteiger partial charge on any atom is 0.193 e. The van der Waals surface area contributed by atoms with Crippen LogP contribution in [-0.2, 0) is 20.1 Å². The van der Waals surface area contributed by atoms with Gasteiger partial charge in [0.15, 0.2) is 5.96 Å². The zero-order valence-electron chi connectivity index (χ0n) is 17.8. The fraction of sp³-hybridized carbons (Fsp3) is 0.545. The van der Waals surface area contributed by atoms with Gasteiger partial charge in [-0.25, -0.2) is 0 Å². The summed E-state index contributed by atoms with van der Waals surface area (Å²) in [6.07, 6.45) is 6.07. The molecule has 1 heterocycles. The van der Waals surface area contributed by atoms with Crippen LogP contribution in [0.3, 0.4) is 0 Å². The molecule has 2 aromatic rings. The standard InChI is InChI=1S/C22H33N5O/c1-16(2)21-18(15-27(5)25-21)14-26(4)22(23-3)24-13-17-9-6-7-12-20(17)28-19-10-8-11-19/h6-7,9,12,15-16,19H,8,10-11,13-14H2,1-5H3,(H,23,24). The topological polar surface area (TPSA) is 54.7 Å². The van der Waals surface area contributed by atoms with E-state index < -0.39 is 0 Å². The van der Waals surface area contributed by atoms with Crippen molar-refractivity contribution in [3.8, 4) is 5.75 Å². The van der Waals surface area contributed by atoms with Crippen LogP contribution in [0.15, 0.2) is 35.5 Å². The fourth-order valence-corrected chi connectivity index (χ4v) is 3.49. The Hall–Kier alpha value is -2.50. The predicted octanol–water partition coefficient (Wildman–Crippen LogP) is 3.68. The van der Waals surface area contributed by atoms with E-state index >= 15 is 0 Å². The molecule has 0 amide bonds. The van der Waals surface area contributed by atoms with Crippen molar-refractivity contribution in [2.75, 3.05) is 14.1 Å². The molecule has 0 saturated heterocycles. The number of nitrogens with one attached hydrogen (secondary N) is 1. The van der Waals surface area contributed by atoms with E-state index in [-0.39, 0.29) is 0 Å². The lowest BCUT2D eigenvalue weighted by Gasteiger charge is -2.28. The average molecular weight is 384 g/mol. The molecule has 1 fully saturated rings. The van der Waals surface area contributed by atoms with Gasteiger partial charge < -0.3 is 15.0 Å². The molecule has 1 aromatic carbocycles. The summed E-state index contributed by atoms with van der Waals surface area (Å²) in [6, 6.07) is 8.27. The second-order valence-corrected chi connectivity index (χ2v) is 7.90. The minimum Gasteiger partial charge on any atom is -0.490 e. The number of hydrogen-bond donors (Lipinski definition) is 1. The maximum atomic E-state index is 6.14. The number of nitrogens with zero attached hydrogens (tertiary/aromatic N) is 4. The highest BCUT2D eigenvalue weighted by Gasteiger charge is 2.20. The van der Waals surface area contributed by atoms with Gasteiger partial charge in [-0.2, -0.15) is 5.10 Å². The van der Waals surface area contributed by atoms with E-state index in [1.54, 1.807) is 0 Å². The first kappa shape index (κ1) is 20.2. The molecule has 1 aliphatic rings. The lowest BCUT2D eigenvalue weighted by atomic mass is 9.96. The van der Waals surface area contributed by atoms with Crippen molar-refractivity contribution in [1.82, 2.24) is 20.0 Å². The first-order valence-electron chi connectivity index (χ1n) is 10.2. The second kappa shape index (κ2) is 9.13. The molecular formula is C22H33N5O. The van der Waals surface area contributed by atoms with Crippen molar-refractivity contribution in [3.63, 3.8) is 0 Å². The van der Waals surface area contributed by atoms with E-state index in [2.05, 4.69) is 65.6 Å². The Kier molecular flexibility index (Phi) is 6.60. The SMILES string of the molecule is CN=C(NCc1ccccc1OC1CCC1)N(C)Cc1cn(C)nc1C(C)C. The molecule has 1 aliphatic carbocycles. The Bertz CT molecular complexity index is 807. The van der Waals surface area contributed by atoms with E-state index in [1.165, 1.54) is 12.0 Å². The lowest BCUT2D eigenvalue weighted by Crippen LogP contribution is -2.38. The summed E-state index contributed by atoms with van der Waals surface area (Å²) in [6.45, 7) is 5.81. The first-order valence-corrected chi connectivity index (χ1v) is 10.2. The smallest absolute Gasteiger partial charge is 0.193 e. The normalized spacial score (nSPS) is 14.9. The highest BCUT2D eigenvalue weighted by Crippen LogP contribution is 2.27. The molecule has 6 heteroatoms. The molecule has 1 aromatic heterocycles. The zero-order chi connectivity index (χ0) is 20.1. The van der Waals surface area contributed by atoms with Crippen LogP contribution in [0.2, 0.25) is 0 Å². The summed E-state index contributed by atoms with van der Waals surface area (Å²) in [7, 11) is 5.85. The van der Waals surface area contributed by atoms with E-state index in [9.17, 15) is 0 Å². The molecule has 1 saturated carbocycles. The van der Waals surface area contributed by atoms with E-state index in [0.717, 1.165) is 42.4 Å². The summed E-state index contributed by atoms with van der Waals surface area (Å²) in [5.74, 6) is 2.24. The van der Waals surface area contributed by atoms with Crippen LogP contribution in [0.4, 0.5) is 0 Å². The zero-order valence-corrected chi connectivity index (χ0v) is 17.8. The molecular weight excluding hydrogens is 350 g/mol. The van der Waals surface area contributed by atoms with Crippen LogP contribution in [0.25, 0.3) is 0 Å². The Morgan fingerprint density at radius 3 is 2.71 bits per heavy atom. The predicted molar refractivity (Wildman–Crippen MR) is 114 cm³/mol. The van der Waals surface area contributed by atoms with E-state index in [1.807, 2.05) is 24.8 Å². The van der Waals surface area contributed by atoms with Crippen LogP contribution in [-0.4, -0.2) is 40.8 Å². The van der Waals surface area contributed by atoms with Crippen LogP contribution in [0.1, 0.15) is 55.8 Å². The van der Waals surface area contributed by atoms with Gasteiger partial charge in [0.25, 0.3) is 0 Å². The summed E-state index contributed by atoms with van der Waals surface area (Å²) in [5, 5.41) is 8.09. The van der Waals surface area contributed by atoms with Gasteiger partial charge in [-0.1, -0.05) is 32.0 Å². The van der Waals surface area contributed by atoms with E-state index in [0.29, 0.717) is 18.6 Å². The number of aryl methyl sites for hydroxylation is 1. The molecule has 3 rings (SSSR count). The number of rotatable bonds is 7. The summed E-state index contributed by atoms with van der Waals surface area (Å²) in [4.78, 5) is 6.60. The number of ether oxygens (including phenoxy) is 1. The van der Waals surface area contributed by atoms with Gasteiger partial charge in [-0.05, 0) is 31.2 Å². The number of benzene rings is 1. The second-order valence-electron chi connectivity index (χ2n) is 7.90. The summed E-state index contributed by atoms with van der Waals surface area (Å²) >= 11 is 0. The largest absolute Gasteiger partial charge is 0.490 e. The highest BCUT2D eigenvalue weighted by atomic mass is 16.5. The minimum atomic E-state index is 0.378. The molecule has 28 heavy (non-hydrogen) atoms. The van der Waals surface area contributed by atoms with Crippen molar-refractivity contribution in [2.24, 2.45) is 12.0 Å². The fourth-order valence-electron chi connectivity index (χ4n) is 3.49. The Labute approximate surface area is 168 Å². The third-order valence-electron chi connectivity index (χ3n) is 5.22. The van der Waals surface area contributed by atoms with Crippen LogP contribution >= 0.6 is 0 Å². The summed E-state index contributed by atoms with van der Waals surface area (Å²) < 4.78 is 8.04. The lowest BCUT2D eigenvalue weighted by molar-refractivity contribution is 0.119. The van der Waals surface area contributed by atoms with Crippen molar-refractivity contribution >= 4 is 5.96 Å². The molecule has 6 nitrogen and oxygen atoms in total. The number of hydrogen-bond acceptors (Lipinski definition) is 3. The first-order chi connectivity index (χ1) is 13.5. The molecule has 0 bridgehead atoms.